The minimum atomic E-state index is -3.36. The number of carbonyl (C=O) groups is 1. The molecule has 0 aromatic heterocycles. The zero-order valence-electron chi connectivity index (χ0n) is 14.2. The van der Waals surface area contributed by atoms with Crippen molar-refractivity contribution in [2.45, 2.75) is 5.75 Å². The van der Waals surface area contributed by atoms with Gasteiger partial charge in [-0.3, -0.25) is 9.10 Å². The summed E-state index contributed by atoms with van der Waals surface area (Å²) in [4.78, 5) is 12.1. The maximum atomic E-state index is 12.1. The SMILES string of the molecule is CN(c1cccc(NC(=O)CSCc2ccc(Cl)cc2Cl)c1)S(C)(=O)=O. The van der Waals surface area contributed by atoms with Crippen LogP contribution >= 0.6 is 35.0 Å². The molecule has 0 unspecified atom stereocenters. The third-order valence-electron chi connectivity index (χ3n) is 3.50. The van der Waals surface area contributed by atoms with Crippen LogP contribution in [0.2, 0.25) is 10.0 Å². The van der Waals surface area contributed by atoms with Gasteiger partial charge in [0, 0.05) is 28.5 Å². The predicted molar refractivity (Wildman–Crippen MR) is 111 cm³/mol. The molecule has 9 heteroatoms. The van der Waals surface area contributed by atoms with E-state index < -0.39 is 10.0 Å². The largest absolute Gasteiger partial charge is 0.325 e. The number of nitrogens with zero attached hydrogens (tertiary/aromatic N) is 1. The number of sulfonamides is 1. The number of amides is 1. The van der Waals surface area contributed by atoms with Crippen molar-refractivity contribution in [3.05, 3.63) is 58.1 Å². The Morgan fingerprint density at radius 1 is 1.19 bits per heavy atom. The molecular formula is C17H18Cl2N2O3S2. The van der Waals surface area contributed by atoms with Gasteiger partial charge in [0.2, 0.25) is 15.9 Å². The van der Waals surface area contributed by atoms with Gasteiger partial charge in [0.25, 0.3) is 0 Å². The summed E-state index contributed by atoms with van der Waals surface area (Å²) in [6.07, 6.45) is 1.12. The van der Waals surface area contributed by atoms with E-state index in [4.69, 9.17) is 23.2 Å². The molecule has 2 aromatic carbocycles. The third kappa shape index (κ3) is 6.09. The number of benzene rings is 2. The molecule has 140 valence electrons. The van der Waals surface area contributed by atoms with Gasteiger partial charge in [0.15, 0.2) is 0 Å². The fraction of sp³-hybridized carbons (Fsp3) is 0.235. The molecule has 0 fully saturated rings. The second-order valence-corrected chi connectivity index (χ2v) is 9.40. The van der Waals surface area contributed by atoms with Crippen molar-refractivity contribution in [2.24, 2.45) is 0 Å². The van der Waals surface area contributed by atoms with Gasteiger partial charge in [-0.25, -0.2) is 8.42 Å². The predicted octanol–water partition coefficient (Wildman–Crippen LogP) is 4.26. The first-order valence-electron chi connectivity index (χ1n) is 7.52. The normalized spacial score (nSPS) is 11.2. The lowest BCUT2D eigenvalue weighted by atomic mass is 10.2. The first-order chi connectivity index (χ1) is 12.2. The number of anilines is 2. The Kier molecular flexibility index (Phi) is 7.23. The molecule has 26 heavy (non-hydrogen) atoms. The Morgan fingerprint density at radius 3 is 2.58 bits per heavy atom. The maximum absolute atomic E-state index is 12.1. The lowest BCUT2D eigenvalue weighted by Crippen LogP contribution is -2.25. The summed E-state index contributed by atoms with van der Waals surface area (Å²) in [7, 11) is -1.90. The quantitative estimate of drug-likeness (QED) is 0.709. The van der Waals surface area contributed by atoms with Gasteiger partial charge in [-0.1, -0.05) is 35.3 Å². The van der Waals surface area contributed by atoms with E-state index in [9.17, 15) is 13.2 Å². The molecule has 0 saturated heterocycles. The van der Waals surface area contributed by atoms with E-state index in [1.165, 1.54) is 18.8 Å². The van der Waals surface area contributed by atoms with E-state index in [1.807, 2.05) is 6.07 Å². The molecule has 0 spiro atoms. The number of nitrogens with one attached hydrogen (secondary N) is 1. The van der Waals surface area contributed by atoms with Crippen molar-refractivity contribution < 1.29 is 13.2 Å². The lowest BCUT2D eigenvalue weighted by molar-refractivity contribution is -0.113. The summed E-state index contributed by atoms with van der Waals surface area (Å²) >= 11 is 13.4. The minimum absolute atomic E-state index is 0.181. The minimum Gasteiger partial charge on any atom is -0.325 e. The van der Waals surface area contributed by atoms with Crippen LogP contribution < -0.4 is 9.62 Å². The van der Waals surface area contributed by atoms with Gasteiger partial charge in [0.05, 0.1) is 17.7 Å². The fourth-order valence-corrected chi connectivity index (χ4v) is 3.94. The second-order valence-electron chi connectivity index (χ2n) is 5.56. The van der Waals surface area contributed by atoms with Crippen LogP contribution in [0.3, 0.4) is 0 Å². The van der Waals surface area contributed by atoms with Crippen molar-refractivity contribution in [3.8, 4) is 0 Å². The van der Waals surface area contributed by atoms with Crippen LogP contribution in [0.25, 0.3) is 0 Å². The third-order valence-corrected chi connectivity index (χ3v) is 6.27. The maximum Gasteiger partial charge on any atom is 0.234 e. The lowest BCUT2D eigenvalue weighted by Gasteiger charge is -2.17. The zero-order valence-corrected chi connectivity index (χ0v) is 17.3. The van der Waals surface area contributed by atoms with E-state index in [-0.39, 0.29) is 11.7 Å². The summed E-state index contributed by atoms with van der Waals surface area (Å²) < 4.78 is 24.4. The molecule has 0 atom stereocenters. The molecule has 0 aliphatic rings. The van der Waals surface area contributed by atoms with E-state index in [2.05, 4.69) is 5.32 Å². The number of thioether (sulfide) groups is 1. The first kappa shape index (κ1) is 20.9. The van der Waals surface area contributed by atoms with Crippen LogP contribution in [0.5, 0.6) is 0 Å². The smallest absolute Gasteiger partial charge is 0.234 e. The highest BCUT2D eigenvalue weighted by Gasteiger charge is 2.13. The Morgan fingerprint density at radius 2 is 1.92 bits per heavy atom. The summed E-state index contributed by atoms with van der Waals surface area (Å²) in [6, 6.07) is 11.9. The van der Waals surface area contributed by atoms with Crippen LogP contribution in [0.15, 0.2) is 42.5 Å². The van der Waals surface area contributed by atoms with Gasteiger partial charge in [-0.05, 0) is 35.9 Å². The van der Waals surface area contributed by atoms with Crippen LogP contribution in [-0.4, -0.2) is 33.4 Å². The molecule has 1 amide bonds. The number of hydrogen-bond donors (Lipinski definition) is 1. The molecule has 2 aromatic rings. The van der Waals surface area contributed by atoms with E-state index >= 15 is 0 Å². The highest BCUT2D eigenvalue weighted by Crippen LogP contribution is 2.25. The summed E-state index contributed by atoms with van der Waals surface area (Å²) in [6.45, 7) is 0. The van der Waals surface area contributed by atoms with Crippen LogP contribution in [0, 0.1) is 0 Å². The molecule has 2 rings (SSSR count). The van der Waals surface area contributed by atoms with Crippen molar-refractivity contribution in [1.29, 1.82) is 0 Å². The van der Waals surface area contributed by atoms with Gasteiger partial charge in [-0.15, -0.1) is 11.8 Å². The van der Waals surface area contributed by atoms with Crippen LogP contribution in [0.1, 0.15) is 5.56 Å². The zero-order chi connectivity index (χ0) is 19.3. The van der Waals surface area contributed by atoms with E-state index in [1.54, 1.807) is 36.4 Å². The van der Waals surface area contributed by atoms with Gasteiger partial charge < -0.3 is 5.32 Å². The summed E-state index contributed by atoms with van der Waals surface area (Å²) in [5.41, 5.74) is 1.92. The van der Waals surface area contributed by atoms with Crippen molar-refractivity contribution in [2.75, 3.05) is 28.7 Å². The highest BCUT2D eigenvalue weighted by atomic mass is 35.5. The van der Waals surface area contributed by atoms with E-state index in [0.717, 1.165) is 16.1 Å². The van der Waals surface area contributed by atoms with Crippen molar-refractivity contribution >= 4 is 62.3 Å². The Bertz CT molecular complexity index is 905. The number of rotatable bonds is 7. The van der Waals surface area contributed by atoms with E-state index in [0.29, 0.717) is 27.2 Å². The Labute approximate surface area is 167 Å². The molecule has 1 N–H and O–H groups in total. The first-order valence-corrected chi connectivity index (χ1v) is 11.3. The standard InChI is InChI=1S/C17H18Cl2N2O3S2/c1-21(26(2,23)24)15-5-3-4-14(9-15)20-17(22)11-25-10-12-6-7-13(18)8-16(12)19/h3-9H,10-11H2,1-2H3,(H,20,22). The average molecular weight is 433 g/mol. The highest BCUT2D eigenvalue weighted by molar-refractivity contribution is 7.99. The van der Waals surface area contributed by atoms with Gasteiger partial charge >= 0.3 is 0 Å². The molecule has 0 aliphatic carbocycles. The molecule has 0 heterocycles. The molecule has 0 saturated carbocycles. The van der Waals surface area contributed by atoms with Crippen LogP contribution in [0.4, 0.5) is 11.4 Å². The summed E-state index contributed by atoms with van der Waals surface area (Å²) in [5.74, 6) is 0.644. The second kappa shape index (κ2) is 8.99. The Hall–Kier alpha value is -1.41. The van der Waals surface area contributed by atoms with Crippen molar-refractivity contribution in [3.63, 3.8) is 0 Å². The van der Waals surface area contributed by atoms with Gasteiger partial charge in [-0.2, -0.15) is 0 Å². The molecule has 0 aliphatic heterocycles. The molecular weight excluding hydrogens is 415 g/mol. The Balaban J connectivity index is 1.92. The fourth-order valence-electron chi connectivity index (χ4n) is 2.06. The number of carbonyl (C=O) groups excluding carboxylic acids is 1. The van der Waals surface area contributed by atoms with Gasteiger partial charge in [0.1, 0.15) is 0 Å². The molecule has 0 bridgehead atoms. The van der Waals surface area contributed by atoms with Crippen molar-refractivity contribution in [1.82, 2.24) is 0 Å². The molecule has 0 radical (unpaired) electrons. The van der Waals surface area contributed by atoms with Crippen LogP contribution in [-0.2, 0) is 20.6 Å². The summed E-state index contributed by atoms with van der Waals surface area (Å²) in [5, 5.41) is 3.90. The number of halogens is 2. The number of hydrogen-bond acceptors (Lipinski definition) is 4. The monoisotopic (exact) mass is 432 g/mol. The topological polar surface area (TPSA) is 66.5 Å². The molecule has 5 nitrogen and oxygen atoms in total. The average Bonchev–Trinajstić information content (AvgIpc) is 2.55.